The molecule has 1 unspecified atom stereocenters. The monoisotopic (exact) mass is 301 g/mol. The molecule has 3 rings (SSSR count). The van der Waals surface area contributed by atoms with E-state index in [9.17, 15) is 14.7 Å². The van der Waals surface area contributed by atoms with E-state index in [0.29, 0.717) is 5.82 Å². The highest BCUT2D eigenvalue weighted by Gasteiger charge is 2.50. The molecule has 0 bridgehead atoms. The van der Waals surface area contributed by atoms with Gasteiger partial charge in [0.2, 0.25) is 5.82 Å². The second-order valence-electron chi connectivity index (χ2n) is 4.94. The quantitative estimate of drug-likeness (QED) is 0.336. The van der Waals surface area contributed by atoms with Crippen molar-refractivity contribution in [3.05, 3.63) is 22.1 Å². The molecule has 10 heteroatoms. The van der Waals surface area contributed by atoms with E-state index in [4.69, 9.17) is 4.52 Å². The second kappa shape index (κ2) is 4.63. The van der Waals surface area contributed by atoms with E-state index in [0.717, 1.165) is 26.2 Å². The predicted octanol–water partition coefficient (Wildman–Crippen LogP) is 1.15. The summed E-state index contributed by atoms with van der Waals surface area (Å²) >= 11 is 0. The molecular formula is C10H16N5O4P. The first kappa shape index (κ1) is 13.7. The Morgan fingerprint density at radius 2 is 1.95 bits per heavy atom. The van der Waals surface area contributed by atoms with Crippen LogP contribution in [0.3, 0.4) is 0 Å². The summed E-state index contributed by atoms with van der Waals surface area (Å²) in [6, 6.07) is 0. The van der Waals surface area contributed by atoms with Crippen molar-refractivity contribution in [1.82, 2.24) is 18.9 Å². The van der Waals surface area contributed by atoms with Crippen molar-refractivity contribution < 1.29 is 14.0 Å². The third-order valence-corrected chi connectivity index (χ3v) is 6.23. The Morgan fingerprint density at radius 3 is 2.35 bits per heavy atom. The van der Waals surface area contributed by atoms with Gasteiger partial charge >= 0.3 is 13.5 Å². The number of imidazole rings is 1. The third-order valence-electron chi connectivity index (χ3n) is 3.41. The predicted molar refractivity (Wildman–Crippen MR) is 70.1 cm³/mol. The van der Waals surface area contributed by atoms with Gasteiger partial charge in [-0.15, -0.1) is 0 Å². The van der Waals surface area contributed by atoms with Gasteiger partial charge in [-0.2, -0.15) is 0 Å². The molecule has 0 radical (unpaired) electrons. The summed E-state index contributed by atoms with van der Waals surface area (Å²) in [5, 5.41) is 10.8. The van der Waals surface area contributed by atoms with Gasteiger partial charge in [0.05, 0.1) is 7.05 Å². The maximum atomic E-state index is 12.8. The molecule has 2 aliphatic rings. The first-order valence-corrected chi connectivity index (χ1v) is 7.92. The van der Waals surface area contributed by atoms with Gasteiger partial charge in [-0.1, -0.05) is 0 Å². The van der Waals surface area contributed by atoms with Gasteiger partial charge in [-0.25, -0.2) is 18.9 Å². The van der Waals surface area contributed by atoms with Crippen LogP contribution in [0, 0.1) is 10.1 Å². The lowest BCUT2D eigenvalue weighted by atomic mass is 10.4. The molecule has 0 aliphatic carbocycles. The van der Waals surface area contributed by atoms with Crippen molar-refractivity contribution in [2.75, 3.05) is 26.2 Å². The standard InChI is InChI=1S/C10H16N5O4P/c1-8(10-11-7-9(12(10)2)15(16)17)19-20(18,13-3-4-13)14-5-6-14/h7-8H,3-6H2,1-2H3. The van der Waals surface area contributed by atoms with Gasteiger partial charge in [-0.3, -0.25) is 9.09 Å². The summed E-state index contributed by atoms with van der Waals surface area (Å²) in [5.41, 5.74) is 0. The molecule has 0 aromatic carbocycles. The van der Waals surface area contributed by atoms with Crippen LogP contribution >= 0.6 is 7.67 Å². The molecule has 0 saturated carbocycles. The fourth-order valence-electron chi connectivity index (χ4n) is 2.12. The minimum absolute atomic E-state index is 0.108. The topological polar surface area (TPSA) is 93.3 Å². The molecule has 20 heavy (non-hydrogen) atoms. The van der Waals surface area contributed by atoms with E-state index >= 15 is 0 Å². The Balaban J connectivity index is 1.80. The van der Waals surface area contributed by atoms with Crippen LogP contribution in [0.2, 0.25) is 0 Å². The Bertz CT molecular complexity index is 578. The average Bonchev–Trinajstić information content (AvgIpc) is 3.26. The van der Waals surface area contributed by atoms with Crippen LogP contribution in [-0.2, 0) is 16.1 Å². The van der Waals surface area contributed by atoms with Crippen LogP contribution < -0.4 is 0 Å². The molecule has 1 atom stereocenters. The number of hydrogen-bond donors (Lipinski definition) is 0. The van der Waals surface area contributed by atoms with Gasteiger partial charge < -0.3 is 10.1 Å². The number of nitro groups is 1. The number of rotatable bonds is 6. The molecule has 2 saturated heterocycles. The highest BCUT2D eigenvalue weighted by atomic mass is 31.2. The third kappa shape index (κ3) is 2.26. The van der Waals surface area contributed by atoms with E-state index in [1.807, 2.05) is 0 Å². The van der Waals surface area contributed by atoms with Crippen LogP contribution in [0.1, 0.15) is 18.9 Å². The summed E-state index contributed by atoms with van der Waals surface area (Å²) in [6.07, 6.45) is 0.621. The van der Waals surface area contributed by atoms with Crippen LogP contribution in [0.5, 0.6) is 0 Å². The van der Waals surface area contributed by atoms with Gasteiger partial charge in [0, 0.05) is 26.2 Å². The van der Waals surface area contributed by atoms with E-state index in [1.54, 1.807) is 23.3 Å². The summed E-state index contributed by atoms with van der Waals surface area (Å²) in [7, 11) is -1.40. The molecule has 1 aromatic rings. The van der Waals surface area contributed by atoms with Gasteiger partial charge in [-0.05, 0) is 11.8 Å². The lowest BCUT2D eigenvalue weighted by Crippen LogP contribution is -2.13. The normalized spacial score (nSPS) is 20.9. The van der Waals surface area contributed by atoms with E-state index < -0.39 is 18.7 Å². The Morgan fingerprint density at radius 1 is 1.40 bits per heavy atom. The van der Waals surface area contributed by atoms with Crippen LogP contribution in [0.25, 0.3) is 0 Å². The zero-order valence-electron chi connectivity index (χ0n) is 11.3. The SMILES string of the molecule is CC(OP(=O)(N1CC1)N1CC1)c1ncc([N+](=O)[O-])n1C. The molecule has 110 valence electrons. The molecule has 0 spiro atoms. The van der Waals surface area contributed by atoms with Crippen molar-refractivity contribution in [2.24, 2.45) is 7.05 Å². The lowest BCUT2D eigenvalue weighted by molar-refractivity contribution is -0.391. The van der Waals surface area contributed by atoms with E-state index in [2.05, 4.69) is 4.98 Å². The average molecular weight is 301 g/mol. The molecule has 2 aliphatic heterocycles. The summed E-state index contributed by atoms with van der Waals surface area (Å²) in [5.74, 6) is 0.296. The zero-order chi connectivity index (χ0) is 14.5. The summed E-state index contributed by atoms with van der Waals surface area (Å²) < 4.78 is 23.5. The summed E-state index contributed by atoms with van der Waals surface area (Å²) in [6.45, 7) is 4.77. The molecule has 3 heterocycles. The van der Waals surface area contributed by atoms with Gasteiger partial charge in [0.25, 0.3) is 0 Å². The number of hydrogen-bond acceptors (Lipinski definition) is 5. The van der Waals surface area contributed by atoms with Crippen molar-refractivity contribution in [1.29, 1.82) is 0 Å². The fourth-order valence-corrected chi connectivity index (χ4v) is 4.44. The second-order valence-corrected chi connectivity index (χ2v) is 7.26. The highest BCUT2D eigenvalue weighted by molar-refractivity contribution is 7.54. The highest BCUT2D eigenvalue weighted by Crippen LogP contribution is 2.63. The Kier molecular flexibility index (Phi) is 3.17. The van der Waals surface area contributed by atoms with Crippen LogP contribution in [0.4, 0.5) is 5.82 Å². The molecule has 0 amide bonds. The zero-order valence-corrected chi connectivity index (χ0v) is 12.2. The van der Waals surface area contributed by atoms with Crippen LogP contribution in [0.15, 0.2) is 6.20 Å². The maximum absolute atomic E-state index is 12.8. The molecule has 0 N–H and O–H groups in total. The van der Waals surface area contributed by atoms with Crippen LogP contribution in [-0.4, -0.2) is 50.0 Å². The van der Waals surface area contributed by atoms with Gasteiger partial charge in [0.1, 0.15) is 12.3 Å². The first-order chi connectivity index (χ1) is 9.43. The molecule has 1 aromatic heterocycles. The molecule has 9 nitrogen and oxygen atoms in total. The van der Waals surface area contributed by atoms with Gasteiger partial charge in [0.15, 0.2) is 0 Å². The fraction of sp³-hybridized carbons (Fsp3) is 0.700. The Labute approximate surface area is 115 Å². The molecule has 2 fully saturated rings. The van der Waals surface area contributed by atoms with E-state index in [-0.39, 0.29) is 5.82 Å². The smallest absolute Gasteiger partial charge is 0.346 e. The molecular weight excluding hydrogens is 285 g/mol. The van der Waals surface area contributed by atoms with Crippen molar-refractivity contribution >= 4 is 13.5 Å². The number of aromatic nitrogens is 2. The number of nitrogens with zero attached hydrogens (tertiary/aromatic N) is 5. The largest absolute Gasteiger partial charge is 0.358 e. The summed E-state index contributed by atoms with van der Waals surface area (Å²) in [4.78, 5) is 14.3. The minimum atomic E-state index is -2.95. The lowest BCUT2D eigenvalue weighted by Gasteiger charge is -2.22. The van der Waals surface area contributed by atoms with Crippen molar-refractivity contribution in [2.45, 2.75) is 13.0 Å². The van der Waals surface area contributed by atoms with Crippen molar-refractivity contribution in [3.8, 4) is 0 Å². The Hall–Kier alpha value is -1.28. The van der Waals surface area contributed by atoms with Crippen molar-refractivity contribution in [3.63, 3.8) is 0 Å². The van der Waals surface area contributed by atoms with E-state index in [1.165, 1.54) is 10.8 Å². The first-order valence-electron chi connectivity index (χ1n) is 6.39. The minimum Gasteiger partial charge on any atom is -0.358 e. The maximum Gasteiger partial charge on any atom is 0.346 e.